The SMILES string of the molecule is CC(=O)N1CCc2cc(S(=O)(=O)N(C)CC3CCCO3)ccc21. The minimum absolute atomic E-state index is 0.0163. The molecule has 0 radical (unpaired) electrons. The van der Waals surface area contributed by atoms with Crippen molar-refractivity contribution in [2.24, 2.45) is 0 Å². The molecule has 1 fully saturated rings. The Morgan fingerprint density at radius 2 is 2.22 bits per heavy atom. The molecule has 1 atom stereocenters. The van der Waals surface area contributed by atoms with E-state index in [1.165, 1.54) is 11.2 Å². The van der Waals surface area contributed by atoms with Gasteiger partial charge < -0.3 is 9.64 Å². The average molecular weight is 338 g/mol. The minimum atomic E-state index is -3.54. The summed E-state index contributed by atoms with van der Waals surface area (Å²) in [4.78, 5) is 13.5. The number of nitrogens with zero attached hydrogens (tertiary/aromatic N) is 2. The summed E-state index contributed by atoms with van der Waals surface area (Å²) in [6.45, 7) is 3.21. The zero-order valence-corrected chi connectivity index (χ0v) is 14.3. The zero-order valence-electron chi connectivity index (χ0n) is 13.5. The van der Waals surface area contributed by atoms with Crippen molar-refractivity contribution in [3.8, 4) is 0 Å². The molecule has 0 bridgehead atoms. The molecule has 1 unspecified atom stereocenters. The van der Waals surface area contributed by atoms with E-state index < -0.39 is 10.0 Å². The summed E-state index contributed by atoms with van der Waals surface area (Å²) in [6.07, 6.45) is 2.56. The van der Waals surface area contributed by atoms with Crippen LogP contribution in [0.3, 0.4) is 0 Å². The molecule has 0 N–H and O–H groups in total. The quantitative estimate of drug-likeness (QED) is 0.832. The molecule has 1 saturated heterocycles. The van der Waals surface area contributed by atoms with Crippen LogP contribution < -0.4 is 4.90 Å². The molecule has 0 spiro atoms. The Bertz CT molecular complexity index is 711. The Hall–Kier alpha value is -1.44. The predicted octanol–water partition coefficient (Wildman–Crippen LogP) is 1.40. The first-order valence-electron chi connectivity index (χ1n) is 7.88. The van der Waals surface area contributed by atoms with Crippen LogP contribution in [0.1, 0.15) is 25.3 Å². The summed E-state index contributed by atoms with van der Waals surface area (Å²) in [5.41, 5.74) is 1.73. The molecular formula is C16H22N2O4S. The Labute approximate surface area is 137 Å². The highest BCUT2D eigenvalue weighted by molar-refractivity contribution is 7.89. The van der Waals surface area contributed by atoms with Crippen molar-refractivity contribution in [2.75, 3.05) is 31.6 Å². The Morgan fingerprint density at radius 3 is 2.87 bits per heavy atom. The van der Waals surface area contributed by atoms with E-state index in [2.05, 4.69) is 0 Å². The molecule has 0 saturated carbocycles. The van der Waals surface area contributed by atoms with E-state index in [9.17, 15) is 13.2 Å². The van der Waals surface area contributed by atoms with E-state index in [4.69, 9.17) is 4.74 Å². The highest BCUT2D eigenvalue weighted by atomic mass is 32.2. The van der Waals surface area contributed by atoms with Crippen molar-refractivity contribution in [3.63, 3.8) is 0 Å². The fourth-order valence-electron chi connectivity index (χ4n) is 3.22. The number of carbonyl (C=O) groups excluding carboxylic acids is 1. The van der Waals surface area contributed by atoms with Gasteiger partial charge in [0.05, 0.1) is 11.0 Å². The van der Waals surface area contributed by atoms with Gasteiger partial charge >= 0.3 is 0 Å². The maximum Gasteiger partial charge on any atom is 0.242 e. The molecule has 1 aromatic rings. The number of likely N-dealkylation sites (N-methyl/N-ethyl adjacent to an activating group) is 1. The molecule has 2 heterocycles. The number of benzene rings is 1. The lowest BCUT2D eigenvalue weighted by Crippen LogP contribution is -2.34. The number of hydrogen-bond donors (Lipinski definition) is 0. The molecule has 2 aliphatic heterocycles. The van der Waals surface area contributed by atoms with Crippen molar-refractivity contribution in [1.29, 1.82) is 0 Å². The molecule has 126 valence electrons. The van der Waals surface area contributed by atoms with Crippen LogP contribution in [0.5, 0.6) is 0 Å². The molecule has 2 aliphatic rings. The third kappa shape index (κ3) is 3.13. The van der Waals surface area contributed by atoms with Gasteiger partial charge in [-0.25, -0.2) is 8.42 Å². The molecule has 1 amide bonds. The number of hydrogen-bond acceptors (Lipinski definition) is 4. The molecule has 3 rings (SSSR count). The van der Waals surface area contributed by atoms with Gasteiger partial charge in [-0.05, 0) is 43.0 Å². The number of ether oxygens (including phenoxy) is 1. The number of fused-ring (bicyclic) bond motifs is 1. The first-order valence-corrected chi connectivity index (χ1v) is 9.32. The van der Waals surface area contributed by atoms with E-state index in [0.29, 0.717) is 26.1 Å². The van der Waals surface area contributed by atoms with Crippen LogP contribution in [0.2, 0.25) is 0 Å². The summed E-state index contributed by atoms with van der Waals surface area (Å²) in [5, 5.41) is 0. The second kappa shape index (κ2) is 6.22. The van der Waals surface area contributed by atoms with Crippen LogP contribution in [-0.2, 0) is 26.0 Å². The van der Waals surface area contributed by atoms with Gasteiger partial charge in [-0.15, -0.1) is 0 Å². The smallest absolute Gasteiger partial charge is 0.242 e. The van der Waals surface area contributed by atoms with Gasteiger partial charge in [0.25, 0.3) is 0 Å². The van der Waals surface area contributed by atoms with Crippen molar-refractivity contribution in [3.05, 3.63) is 23.8 Å². The fourth-order valence-corrected chi connectivity index (χ4v) is 4.47. The maximum absolute atomic E-state index is 12.7. The number of amides is 1. The van der Waals surface area contributed by atoms with Crippen LogP contribution in [0.25, 0.3) is 0 Å². The third-order valence-electron chi connectivity index (χ3n) is 4.52. The summed E-state index contributed by atoms with van der Waals surface area (Å²) < 4.78 is 32.3. The average Bonchev–Trinajstić information content (AvgIpc) is 3.15. The predicted molar refractivity (Wildman–Crippen MR) is 87.0 cm³/mol. The number of anilines is 1. The second-order valence-electron chi connectivity index (χ2n) is 6.13. The molecule has 0 aliphatic carbocycles. The van der Waals surface area contributed by atoms with E-state index >= 15 is 0 Å². The van der Waals surface area contributed by atoms with Crippen LogP contribution in [0.15, 0.2) is 23.1 Å². The monoisotopic (exact) mass is 338 g/mol. The summed E-state index contributed by atoms with van der Waals surface area (Å²) in [7, 11) is -1.95. The van der Waals surface area contributed by atoms with Crippen molar-refractivity contribution < 1.29 is 17.9 Å². The Balaban J connectivity index is 1.82. The number of rotatable bonds is 4. The summed E-state index contributed by atoms with van der Waals surface area (Å²) in [5.74, 6) is -0.0187. The normalized spacial score (nSPS) is 21.0. The van der Waals surface area contributed by atoms with Crippen LogP contribution in [-0.4, -0.2) is 51.5 Å². The van der Waals surface area contributed by atoms with Gasteiger partial charge in [0, 0.05) is 39.4 Å². The summed E-state index contributed by atoms with van der Waals surface area (Å²) >= 11 is 0. The van der Waals surface area contributed by atoms with Crippen molar-refractivity contribution in [1.82, 2.24) is 4.31 Å². The molecule has 6 nitrogen and oxygen atoms in total. The molecule has 7 heteroatoms. The van der Waals surface area contributed by atoms with Gasteiger partial charge in [-0.3, -0.25) is 4.79 Å². The van der Waals surface area contributed by atoms with Crippen LogP contribution >= 0.6 is 0 Å². The van der Waals surface area contributed by atoms with Gasteiger partial charge in [0.1, 0.15) is 0 Å². The molecule has 23 heavy (non-hydrogen) atoms. The number of sulfonamides is 1. The van der Waals surface area contributed by atoms with Gasteiger partial charge in [0.15, 0.2) is 0 Å². The van der Waals surface area contributed by atoms with Gasteiger partial charge in [-0.1, -0.05) is 0 Å². The fraction of sp³-hybridized carbons (Fsp3) is 0.562. The zero-order chi connectivity index (χ0) is 16.6. The van der Waals surface area contributed by atoms with Crippen LogP contribution in [0, 0.1) is 0 Å². The lowest BCUT2D eigenvalue weighted by molar-refractivity contribution is -0.116. The standard InChI is InChI=1S/C16H22N2O4S/c1-12(19)18-8-7-13-10-15(5-6-16(13)18)23(20,21)17(2)11-14-4-3-9-22-14/h5-6,10,14H,3-4,7-9,11H2,1-2H3. The van der Waals surface area contributed by atoms with E-state index in [-0.39, 0.29) is 16.9 Å². The van der Waals surface area contributed by atoms with Gasteiger partial charge in [0.2, 0.25) is 15.9 Å². The Kier molecular flexibility index (Phi) is 4.44. The summed E-state index contributed by atoms with van der Waals surface area (Å²) in [6, 6.07) is 5.01. The van der Waals surface area contributed by atoms with E-state index in [1.54, 1.807) is 30.1 Å². The highest BCUT2D eigenvalue weighted by Crippen LogP contribution is 2.31. The first kappa shape index (κ1) is 16.4. The van der Waals surface area contributed by atoms with Gasteiger partial charge in [-0.2, -0.15) is 4.31 Å². The lowest BCUT2D eigenvalue weighted by atomic mass is 10.2. The number of carbonyl (C=O) groups is 1. The minimum Gasteiger partial charge on any atom is -0.377 e. The van der Waals surface area contributed by atoms with Crippen molar-refractivity contribution >= 4 is 21.6 Å². The van der Waals surface area contributed by atoms with E-state index in [0.717, 1.165) is 24.1 Å². The third-order valence-corrected chi connectivity index (χ3v) is 6.34. The highest BCUT2D eigenvalue weighted by Gasteiger charge is 2.28. The molecular weight excluding hydrogens is 316 g/mol. The topological polar surface area (TPSA) is 66.9 Å². The Morgan fingerprint density at radius 1 is 1.43 bits per heavy atom. The largest absolute Gasteiger partial charge is 0.377 e. The molecule has 0 aromatic heterocycles. The maximum atomic E-state index is 12.7. The van der Waals surface area contributed by atoms with Crippen LogP contribution in [0.4, 0.5) is 5.69 Å². The van der Waals surface area contributed by atoms with Crippen molar-refractivity contribution in [2.45, 2.75) is 37.2 Å². The lowest BCUT2D eigenvalue weighted by Gasteiger charge is -2.21. The van der Waals surface area contributed by atoms with E-state index in [1.807, 2.05) is 0 Å². The molecule has 1 aromatic carbocycles. The second-order valence-corrected chi connectivity index (χ2v) is 8.18. The first-order chi connectivity index (χ1) is 10.9.